The second kappa shape index (κ2) is 4.69. The molecule has 2 aliphatic rings. The Balaban J connectivity index is 2.11. The van der Waals surface area contributed by atoms with E-state index in [0.29, 0.717) is 13.0 Å². The number of carbonyl (C=O) groups is 2. The molecule has 1 N–H and O–H groups in total. The van der Waals surface area contributed by atoms with Crippen LogP contribution in [-0.2, 0) is 9.53 Å². The van der Waals surface area contributed by atoms with Crippen LogP contribution in [0.3, 0.4) is 0 Å². The molecule has 1 saturated heterocycles. The van der Waals surface area contributed by atoms with E-state index in [1.165, 1.54) is 11.3 Å². The molecule has 1 heterocycles. The minimum Gasteiger partial charge on any atom is -0.480 e. The largest absolute Gasteiger partial charge is 0.480 e. The number of aliphatic carboxylic acids is 1. The van der Waals surface area contributed by atoms with Gasteiger partial charge in [-0.2, -0.15) is 0 Å². The Kier molecular flexibility index (Phi) is 3.49. The zero-order chi connectivity index (χ0) is 14.3. The summed E-state index contributed by atoms with van der Waals surface area (Å²) in [6, 6.07) is -0.735. The van der Waals surface area contributed by atoms with E-state index in [1.54, 1.807) is 20.8 Å². The summed E-state index contributed by atoms with van der Waals surface area (Å²) in [5.74, 6) is -0.931. The average Bonchev–Trinajstić information content (AvgIpc) is 2.23. The van der Waals surface area contributed by atoms with Crippen LogP contribution in [0.4, 0.5) is 4.79 Å². The molecule has 0 radical (unpaired) electrons. The van der Waals surface area contributed by atoms with Crippen molar-refractivity contribution in [3.63, 3.8) is 0 Å². The molecule has 5 nitrogen and oxygen atoms in total. The van der Waals surface area contributed by atoms with Gasteiger partial charge in [0, 0.05) is 6.54 Å². The molecule has 1 unspecified atom stereocenters. The van der Waals surface area contributed by atoms with Gasteiger partial charge in [0.15, 0.2) is 0 Å². The van der Waals surface area contributed by atoms with Crippen molar-refractivity contribution < 1.29 is 19.4 Å². The van der Waals surface area contributed by atoms with Crippen LogP contribution >= 0.6 is 0 Å². The first kappa shape index (κ1) is 14.2. The topological polar surface area (TPSA) is 66.8 Å². The summed E-state index contributed by atoms with van der Waals surface area (Å²) in [6.07, 6.45) is 4.32. The summed E-state index contributed by atoms with van der Waals surface area (Å²) in [4.78, 5) is 24.9. The van der Waals surface area contributed by atoms with Gasteiger partial charge < -0.3 is 9.84 Å². The number of piperidine rings is 1. The molecule has 1 aliphatic heterocycles. The molecule has 1 atom stereocenters. The van der Waals surface area contributed by atoms with Crippen LogP contribution in [0.5, 0.6) is 0 Å². The summed E-state index contributed by atoms with van der Waals surface area (Å²) >= 11 is 0. The second-order valence-corrected chi connectivity index (χ2v) is 6.85. The Morgan fingerprint density at radius 2 is 1.89 bits per heavy atom. The van der Waals surface area contributed by atoms with E-state index in [2.05, 4.69) is 0 Å². The first-order valence-electron chi connectivity index (χ1n) is 6.95. The molecule has 1 saturated carbocycles. The highest BCUT2D eigenvalue weighted by Crippen LogP contribution is 2.48. The quantitative estimate of drug-likeness (QED) is 0.794. The van der Waals surface area contributed by atoms with Crippen molar-refractivity contribution in [2.75, 3.05) is 6.54 Å². The highest BCUT2D eigenvalue weighted by Gasteiger charge is 2.47. The lowest BCUT2D eigenvalue weighted by Gasteiger charge is -2.50. The van der Waals surface area contributed by atoms with Crippen molar-refractivity contribution in [1.82, 2.24) is 4.90 Å². The lowest BCUT2D eigenvalue weighted by molar-refractivity contribution is -0.147. The van der Waals surface area contributed by atoms with E-state index in [0.717, 1.165) is 19.3 Å². The van der Waals surface area contributed by atoms with Crippen molar-refractivity contribution in [2.45, 2.75) is 64.5 Å². The number of rotatable bonds is 1. The molecule has 0 aromatic rings. The van der Waals surface area contributed by atoms with Gasteiger partial charge in [0.1, 0.15) is 11.6 Å². The summed E-state index contributed by atoms with van der Waals surface area (Å²) < 4.78 is 5.34. The number of nitrogens with zero attached hydrogens (tertiary/aromatic N) is 1. The Morgan fingerprint density at radius 1 is 1.26 bits per heavy atom. The van der Waals surface area contributed by atoms with Crippen LogP contribution in [0.15, 0.2) is 0 Å². The van der Waals surface area contributed by atoms with E-state index in [9.17, 15) is 14.7 Å². The van der Waals surface area contributed by atoms with Crippen LogP contribution in [0, 0.1) is 5.41 Å². The zero-order valence-corrected chi connectivity index (χ0v) is 11.9. The minimum atomic E-state index is -0.931. The molecule has 1 amide bonds. The maximum Gasteiger partial charge on any atom is 0.411 e. The second-order valence-electron chi connectivity index (χ2n) is 6.85. The van der Waals surface area contributed by atoms with Gasteiger partial charge in [-0.05, 0) is 51.9 Å². The van der Waals surface area contributed by atoms with Crippen molar-refractivity contribution in [3.05, 3.63) is 0 Å². The summed E-state index contributed by atoms with van der Waals surface area (Å²) in [5, 5.41) is 9.27. The Labute approximate surface area is 113 Å². The van der Waals surface area contributed by atoms with Crippen LogP contribution in [0.1, 0.15) is 52.9 Å². The van der Waals surface area contributed by atoms with Crippen molar-refractivity contribution in [2.24, 2.45) is 5.41 Å². The third-order valence-electron chi connectivity index (χ3n) is 4.16. The fraction of sp³-hybridized carbons (Fsp3) is 0.857. The number of likely N-dealkylation sites (tertiary alicyclic amines) is 1. The highest BCUT2D eigenvalue weighted by molar-refractivity contribution is 5.80. The normalized spacial score (nSPS) is 25.8. The average molecular weight is 269 g/mol. The van der Waals surface area contributed by atoms with Crippen molar-refractivity contribution in [3.8, 4) is 0 Å². The fourth-order valence-electron chi connectivity index (χ4n) is 3.00. The molecular formula is C14H23NO4. The van der Waals surface area contributed by atoms with Gasteiger partial charge in [-0.15, -0.1) is 0 Å². The van der Waals surface area contributed by atoms with E-state index in [4.69, 9.17) is 4.74 Å². The molecular weight excluding hydrogens is 246 g/mol. The van der Waals surface area contributed by atoms with E-state index in [-0.39, 0.29) is 5.41 Å². The number of hydrogen-bond acceptors (Lipinski definition) is 3. The number of carbonyl (C=O) groups excluding carboxylic acids is 1. The Morgan fingerprint density at radius 3 is 2.32 bits per heavy atom. The van der Waals surface area contributed by atoms with Gasteiger partial charge in [0.2, 0.25) is 0 Å². The van der Waals surface area contributed by atoms with Gasteiger partial charge in [-0.25, -0.2) is 9.59 Å². The summed E-state index contributed by atoms with van der Waals surface area (Å²) in [7, 11) is 0. The van der Waals surface area contributed by atoms with Crippen LogP contribution in [-0.4, -0.2) is 40.3 Å². The predicted molar refractivity (Wildman–Crippen MR) is 69.9 cm³/mol. The van der Waals surface area contributed by atoms with E-state index in [1.807, 2.05) is 0 Å². The monoisotopic (exact) mass is 269 g/mol. The fourth-order valence-corrected chi connectivity index (χ4v) is 3.00. The van der Waals surface area contributed by atoms with Gasteiger partial charge in [-0.1, -0.05) is 6.42 Å². The van der Waals surface area contributed by atoms with Crippen molar-refractivity contribution >= 4 is 12.1 Å². The molecule has 1 spiro atoms. The lowest BCUT2D eigenvalue weighted by atomic mass is 9.63. The van der Waals surface area contributed by atoms with Gasteiger partial charge >= 0.3 is 12.1 Å². The maximum atomic E-state index is 12.2. The van der Waals surface area contributed by atoms with Crippen LogP contribution < -0.4 is 0 Å². The number of carboxylic acid groups (broad SMARTS) is 1. The van der Waals surface area contributed by atoms with E-state index >= 15 is 0 Å². The third-order valence-corrected chi connectivity index (χ3v) is 4.16. The SMILES string of the molecule is CC(C)(C)OC(=O)N1CC2(CCC2)CCC1C(=O)O. The molecule has 0 bridgehead atoms. The Bertz CT molecular complexity index is 381. The number of ether oxygens (including phenoxy) is 1. The molecule has 108 valence electrons. The predicted octanol–water partition coefficient (Wildman–Crippen LogP) is 2.64. The molecule has 0 aromatic carbocycles. The van der Waals surface area contributed by atoms with Gasteiger partial charge in [0.05, 0.1) is 0 Å². The molecule has 0 aromatic heterocycles. The third kappa shape index (κ3) is 3.01. The minimum absolute atomic E-state index is 0.156. The summed E-state index contributed by atoms with van der Waals surface area (Å²) in [6.45, 7) is 5.91. The Hall–Kier alpha value is -1.26. The van der Waals surface area contributed by atoms with Gasteiger partial charge in [0.25, 0.3) is 0 Å². The number of amides is 1. The zero-order valence-electron chi connectivity index (χ0n) is 11.9. The van der Waals surface area contributed by atoms with E-state index < -0.39 is 23.7 Å². The molecule has 2 fully saturated rings. The smallest absolute Gasteiger partial charge is 0.411 e. The highest BCUT2D eigenvalue weighted by atomic mass is 16.6. The van der Waals surface area contributed by atoms with Crippen LogP contribution in [0.2, 0.25) is 0 Å². The standard InChI is InChI=1S/C14H23NO4/c1-13(2,3)19-12(18)15-9-14(6-4-7-14)8-5-10(15)11(16)17/h10H,4-9H2,1-3H3,(H,16,17). The van der Waals surface area contributed by atoms with Crippen LogP contribution in [0.25, 0.3) is 0 Å². The lowest BCUT2D eigenvalue weighted by Crippen LogP contribution is -2.57. The number of carboxylic acids is 1. The molecule has 19 heavy (non-hydrogen) atoms. The summed E-state index contributed by atoms with van der Waals surface area (Å²) in [5.41, 5.74) is -0.437. The first-order chi connectivity index (χ1) is 8.72. The first-order valence-corrected chi connectivity index (χ1v) is 6.95. The molecule has 1 aliphatic carbocycles. The number of hydrogen-bond donors (Lipinski definition) is 1. The maximum absolute atomic E-state index is 12.2. The van der Waals surface area contributed by atoms with Crippen molar-refractivity contribution in [1.29, 1.82) is 0 Å². The molecule has 5 heteroatoms. The molecule has 2 rings (SSSR count). The van der Waals surface area contributed by atoms with Gasteiger partial charge in [-0.3, -0.25) is 4.90 Å².